The Hall–Kier alpha value is -2.29. The molecule has 0 spiro atoms. The minimum atomic E-state index is -4.02. The highest BCUT2D eigenvalue weighted by Gasteiger charge is 2.28. The molecule has 0 saturated heterocycles. The van der Waals surface area contributed by atoms with E-state index < -0.39 is 25.3 Å². The van der Waals surface area contributed by atoms with Crippen LogP contribution < -0.4 is 0 Å². The highest BCUT2D eigenvalue weighted by Crippen LogP contribution is 2.27. The largest absolute Gasteiger partial charge is 0.288 e. The predicted octanol–water partition coefficient (Wildman–Crippen LogP) is 0.546. The standard InChI is InChI=1S/C8H6N4O4S/c13-12(14)6-3-1-2-4-7(6)17(15,16)8-5-9-11-10-8/h1-5H,(H,9,10,11). The molecule has 17 heavy (non-hydrogen) atoms. The molecule has 0 aliphatic rings. The molecule has 0 bridgehead atoms. The van der Waals surface area contributed by atoms with Gasteiger partial charge in [-0.25, -0.2) is 8.42 Å². The summed E-state index contributed by atoms with van der Waals surface area (Å²) in [4.78, 5) is 9.57. The molecule has 0 unspecified atom stereocenters. The zero-order chi connectivity index (χ0) is 12.5. The minimum Gasteiger partial charge on any atom is -0.258 e. The van der Waals surface area contributed by atoms with Gasteiger partial charge in [0, 0.05) is 6.07 Å². The lowest BCUT2D eigenvalue weighted by Gasteiger charge is -2.01. The Morgan fingerprint density at radius 1 is 1.29 bits per heavy atom. The van der Waals surface area contributed by atoms with Gasteiger partial charge in [0.05, 0.1) is 11.1 Å². The van der Waals surface area contributed by atoms with Crippen molar-refractivity contribution in [2.45, 2.75) is 9.92 Å². The molecule has 9 heteroatoms. The van der Waals surface area contributed by atoms with E-state index in [0.717, 1.165) is 18.3 Å². The molecule has 2 rings (SSSR count). The highest BCUT2D eigenvalue weighted by molar-refractivity contribution is 7.91. The topological polar surface area (TPSA) is 119 Å². The average Bonchev–Trinajstić information content (AvgIpc) is 2.83. The van der Waals surface area contributed by atoms with Gasteiger partial charge in [0.15, 0.2) is 4.90 Å². The fourth-order valence-electron chi connectivity index (χ4n) is 1.27. The van der Waals surface area contributed by atoms with Crippen molar-refractivity contribution in [2.24, 2.45) is 0 Å². The van der Waals surface area contributed by atoms with Gasteiger partial charge in [0.1, 0.15) is 0 Å². The quantitative estimate of drug-likeness (QED) is 0.630. The fraction of sp³-hybridized carbons (Fsp3) is 0. The maximum atomic E-state index is 12.0. The molecule has 1 N–H and O–H groups in total. The molecule has 1 aromatic heterocycles. The van der Waals surface area contributed by atoms with Gasteiger partial charge in [-0.15, -0.1) is 5.10 Å². The second-order valence-corrected chi connectivity index (χ2v) is 4.90. The van der Waals surface area contributed by atoms with Crippen LogP contribution in [-0.2, 0) is 9.84 Å². The van der Waals surface area contributed by atoms with E-state index in [1.165, 1.54) is 12.1 Å². The van der Waals surface area contributed by atoms with Crippen LogP contribution in [0.25, 0.3) is 0 Å². The van der Waals surface area contributed by atoms with E-state index in [1.54, 1.807) is 0 Å². The Morgan fingerprint density at radius 3 is 2.59 bits per heavy atom. The summed E-state index contributed by atoms with van der Waals surface area (Å²) >= 11 is 0. The summed E-state index contributed by atoms with van der Waals surface area (Å²) in [6.07, 6.45) is 0.992. The number of nitrogens with one attached hydrogen (secondary N) is 1. The molecule has 0 atom stereocenters. The second-order valence-electron chi connectivity index (χ2n) is 3.04. The first kappa shape index (κ1) is 11.2. The van der Waals surface area contributed by atoms with Gasteiger partial charge in [-0.2, -0.15) is 10.3 Å². The van der Waals surface area contributed by atoms with Crippen molar-refractivity contribution in [3.05, 3.63) is 40.6 Å². The summed E-state index contributed by atoms with van der Waals surface area (Å²) in [7, 11) is -4.02. The lowest BCUT2D eigenvalue weighted by molar-refractivity contribution is -0.387. The van der Waals surface area contributed by atoms with Crippen molar-refractivity contribution in [3.8, 4) is 0 Å². The molecule has 88 valence electrons. The number of aromatic amines is 1. The van der Waals surface area contributed by atoms with Gasteiger partial charge < -0.3 is 0 Å². The molecule has 0 radical (unpaired) electrons. The SMILES string of the molecule is O=[N+]([O-])c1ccccc1S(=O)(=O)c1cn[nH]n1. The zero-order valence-electron chi connectivity index (χ0n) is 8.27. The van der Waals surface area contributed by atoms with Crippen molar-refractivity contribution in [2.75, 3.05) is 0 Å². The Labute approximate surface area is 95.4 Å². The molecule has 0 amide bonds. The molecule has 2 aromatic rings. The summed E-state index contributed by atoms with van der Waals surface area (Å²) in [6, 6.07) is 5.06. The monoisotopic (exact) mass is 254 g/mol. The van der Waals surface area contributed by atoms with Crippen LogP contribution in [0.2, 0.25) is 0 Å². The summed E-state index contributed by atoms with van der Waals surface area (Å²) in [5, 5.41) is 19.3. The first-order valence-electron chi connectivity index (χ1n) is 4.38. The summed E-state index contributed by atoms with van der Waals surface area (Å²) in [6.45, 7) is 0. The molecule has 1 heterocycles. The normalized spacial score (nSPS) is 11.3. The molecular weight excluding hydrogens is 248 g/mol. The van der Waals surface area contributed by atoms with Gasteiger partial charge in [-0.1, -0.05) is 12.1 Å². The third kappa shape index (κ3) is 1.87. The molecule has 0 aliphatic carbocycles. The maximum absolute atomic E-state index is 12.0. The van der Waals surface area contributed by atoms with Gasteiger partial charge in [0.2, 0.25) is 14.9 Å². The van der Waals surface area contributed by atoms with E-state index in [4.69, 9.17) is 0 Å². The van der Waals surface area contributed by atoms with Crippen LogP contribution in [0, 0.1) is 10.1 Å². The number of nitrogens with zero attached hydrogens (tertiary/aromatic N) is 3. The fourth-order valence-corrected chi connectivity index (χ4v) is 2.52. The molecule has 0 fully saturated rings. The van der Waals surface area contributed by atoms with Crippen molar-refractivity contribution >= 4 is 15.5 Å². The molecule has 0 aliphatic heterocycles. The van der Waals surface area contributed by atoms with Crippen molar-refractivity contribution in [1.82, 2.24) is 15.4 Å². The number of H-pyrrole nitrogens is 1. The second kappa shape index (κ2) is 3.94. The molecule has 8 nitrogen and oxygen atoms in total. The van der Waals surface area contributed by atoms with Crippen LogP contribution in [0.4, 0.5) is 5.69 Å². The lowest BCUT2D eigenvalue weighted by atomic mass is 10.3. The van der Waals surface area contributed by atoms with Crippen LogP contribution in [-0.4, -0.2) is 28.8 Å². The van der Waals surface area contributed by atoms with Gasteiger partial charge >= 0.3 is 0 Å². The number of hydrogen-bond donors (Lipinski definition) is 1. The van der Waals surface area contributed by atoms with E-state index >= 15 is 0 Å². The van der Waals surface area contributed by atoms with E-state index in [9.17, 15) is 18.5 Å². The Kier molecular flexibility index (Phi) is 2.60. The van der Waals surface area contributed by atoms with E-state index in [-0.39, 0.29) is 5.03 Å². The third-order valence-corrected chi connectivity index (χ3v) is 3.69. The van der Waals surface area contributed by atoms with E-state index in [0.29, 0.717) is 0 Å². The van der Waals surface area contributed by atoms with Gasteiger partial charge in [-0.05, 0) is 6.07 Å². The number of para-hydroxylation sites is 1. The average molecular weight is 254 g/mol. The van der Waals surface area contributed by atoms with Gasteiger partial charge in [0.25, 0.3) is 5.69 Å². The Bertz CT molecular complexity index is 650. The van der Waals surface area contributed by atoms with E-state index in [2.05, 4.69) is 15.4 Å². The zero-order valence-corrected chi connectivity index (χ0v) is 9.09. The van der Waals surface area contributed by atoms with Crippen LogP contribution in [0.5, 0.6) is 0 Å². The summed E-state index contributed by atoms with van der Waals surface area (Å²) in [5.41, 5.74) is -0.490. The smallest absolute Gasteiger partial charge is 0.258 e. The molecule has 0 saturated carbocycles. The van der Waals surface area contributed by atoms with Gasteiger partial charge in [-0.3, -0.25) is 10.1 Å². The molecular formula is C8H6N4O4S. The maximum Gasteiger partial charge on any atom is 0.288 e. The van der Waals surface area contributed by atoms with Crippen LogP contribution in [0.3, 0.4) is 0 Å². The number of hydrogen-bond acceptors (Lipinski definition) is 6. The lowest BCUT2D eigenvalue weighted by Crippen LogP contribution is -2.06. The third-order valence-electron chi connectivity index (χ3n) is 2.02. The number of aromatic nitrogens is 3. The van der Waals surface area contributed by atoms with Crippen molar-refractivity contribution < 1.29 is 13.3 Å². The van der Waals surface area contributed by atoms with Crippen molar-refractivity contribution in [1.29, 1.82) is 0 Å². The predicted molar refractivity (Wildman–Crippen MR) is 54.9 cm³/mol. The summed E-state index contributed by atoms with van der Waals surface area (Å²) in [5.74, 6) is 0. The highest BCUT2D eigenvalue weighted by atomic mass is 32.2. The first-order valence-corrected chi connectivity index (χ1v) is 5.86. The number of benzene rings is 1. The minimum absolute atomic E-state index is 0.355. The van der Waals surface area contributed by atoms with Crippen LogP contribution in [0.1, 0.15) is 0 Å². The number of nitro groups is 1. The Balaban J connectivity index is 2.67. The first-order chi connectivity index (χ1) is 8.03. The van der Waals surface area contributed by atoms with Crippen LogP contribution >= 0.6 is 0 Å². The Morgan fingerprint density at radius 2 is 2.00 bits per heavy atom. The van der Waals surface area contributed by atoms with E-state index in [1.807, 2.05) is 0 Å². The summed E-state index contributed by atoms with van der Waals surface area (Å²) < 4.78 is 24.0. The molecule has 1 aromatic carbocycles. The number of sulfone groups is 1. The number of rotatable bonds is 3. The van der Waals surface area contributed by atoms with Crippen molar-refractivity contribution in [3.63, 3.8) is 0 Å². The van der Waals surface area contributed by atoms with Crippen LogP contribution in [0.15, 0.2) is 40.4 Å². The number of nitro benzene ring substituents is 1.